The molecule has 6 heteroatoms. The molecule has 0 aromatic heterocycles. The van der Waals surface area contributed by atoms with Crippen molar-refractivity contribution >= 4 is 17.9 Å². The van der Waals surface area contributed by atoms with Crippen LogP contribution in [0, 0.1) is 0 Å². The second-order valence-corrected chi connectivity index (χ2v) is 21.0. The normalized spacial score (nSPS) is 12.4. The van der Waals surface area contributed by atoms with Crippen molar-refractivity contribution in [3.8, 4) is 0 Å². The monoisotopic (exact) mass is 1010 g/mol. The molecule has 418 valence electrons. The van der Waals surface area contributed by atoms with Crippen LogP contribution in [0.15, 0.2) is 60.8 Å². The van der Waals surface area contributed by atoms with Crippen LogP contribution in [0.3, 0.4) is 0 Å². The first-order valence-corrected chi connectivity index (χ1v) is 31.3. The maximum atomic E-state index is 12.8. The van der Waals surface area contributed by atoms with Crippen LogP contribution in [0.1, 0.15) is 323 Å². The minimum atomic E-state index is -0.773. The fraction of sp³-hybridized carbons (Fsp3) is 0.803. The summed E-state index contributed by atoms with van der Waals surface area (Å²) in [5.74, 6) is -0.875. The molecule has 1 atom stereocenters. The number of hydrogen-bond donors (Lipinski definition) is 0. The van der Waals surface area contributed by atoms with Crippen molar-refractivity contribution in [2.24, 2.45) is 0 Å². The minimum absolute atomic E-state index is 0.0738. The van der Waals surface area contributed by atoms with Gasteiger partial charge in [-0.1, -0.05) is 274 Å². The summed E-state index contributed by atoms with van der Waals surface area (Å²) in [4.78, 5) is 38.0. The lowest BCUT2D eigenvalue weighted by Gasteiger charge is -2.18. The van der Waals surface area contributed by atoms with Crippen molar-refractivity contribution in [2.45, 2.75) is 329 Å². The number of carbonyl (C=O) groups excluding carboxylic acids is 3. The maximum absolute atomic E-state index is 12.8. The van der Waals surface area contributed by atoms with E-state index in [1.165, 1.54) is 205 Å². The van der Waals surface area contributed by atoms with Gasteiger partial charge in [0.25, 0.3) is 0 Å². The second kappa shape index (κ2) is 60.7. The number of ether oxygens (including phenoxy) is 3. The predicted octanol–water partition coefficient (Wildman–Crippen LogP) is 21.2. The van der Waals surface area contributed by atoms with Crippen LogP contribution < -0.4 is 0 Å². The van der Waals surface area contributed by atoms with Crippen LogP contribution in [-0.4, -0.2) is 37.2 Å². The number of esters is 3. The van der Waals surface area contributed by atoms with Gasteiger partial charge >= 0.3 is 17.9 Å². The van der Waals surface area contributed by atoms with E-state index in [1.807, 2.05) is 0 Å². The SMILES string of the molecule is CCCCC/C=C\C/C=C\CCCCCCCCCCCC(=O)OC(COC(=O)CCCCCCCC)COC(=O)CCCCCCCCCCCCCCCC/C=C\C/C=C\C/C=C\CCCCCCC. The third kappa shape index (κ3) is 58.0. The van der Waals surface area contributed by atoms with Crippen molar-refractivity contribution < 1.29 is 28.6 Å². The maximum Gasteiger partial charge on any atom is 0.306 e. The van der Waals surface area contributed by atoms with Gasteiger partial charge in [0.05, 0.1) is 0 Å². The molecule has 0 N–H and O–H groups in total. The van der Waals surface area contributed by atoms with Gasteiger partial charge < -0.3 is 14.2 Å². The van der Waals surface area contributed by atoms with Gasteiger partial charge in [-0.3, -0.25) is 14.4 Å². The summed E-state index contributed by atoms with van der Waals surface area (Å²) in [5.41, 5.74) is 0. The number of allylic oxidation sites excluding steroid dienone is 10. The quantitative estimate of drug-likeness (QED) is 0.0261. The summed E-state index contributed by atoms with van der Waals surface area (Å²) in [6.45, 7) is 6.57. The van der Waals surface area contributed by atoms with Crippen LogP contribution in [0.2, 0.25) is 0 Å². The molecule has 0 aromatic rings. The van der Waals surface area contributed by atoms with Gasteiger partial charge in [0.2, 0.25) is 0 Å². The number of rotatable bonds is 57. The van der Waals surface area contributed by atoms with E-state index in [2.05, 4.69) is 81.5 Å². The van der Waals surface area contributed by atoms with E-state index in [9.17, 15) is 14.4 Å². The zero-order valence-electron chi connectivity index (χ0n) is 47.9. The van der Waals surface area contributed by atoms with Crippen LogP contribution in [0.4, 0.5) is 0 Å². The van der Waals surface area contributed by atoms with E-state index in [0.29, 0.717) is 19.3 Å². The van der Waals surface area contributed by atoms with Crippen molar-refractivity contribution in [1.29, 1.82) is 0 Å². The number of carbonyl (C=O) groups is 3. The molecule has 0 aromatic carbocycles. The van der Waals surface area contributed by atoms with Gasteiger partial charge in [-0.25, -0.2) is 0 Å². The summed E-state index contributed by atoms with van der Waals surface area (Å²) in [6, 6.07) is 0. The average Bonchev–Trinajstić information content (AvgIpc) is 3.38. The number of hydrogen-bond acceptors (Lipinski definition) is 6. The Labute approximate surface area is 447 Å². The Morgan fingerprint density at radius 3 is 0.806 bits per heavy atom. The molecule has 0 amide bonds. The summed E-state index contributed by atoms with van der Waals surface area (Å²) >= 11 is 0. The van der Waals surface area contributed by atoms with Gasteiger partial charge in [-0.2, -0.15) is 0 Å². The van der Waals surface area contributed by atoms with Crippen molar-refractivity contribution in [3.63, 3.8) is 0 Å². The Balaban J connectivity index is 4.05. The van der Waals surface area contributed by atoms with E-state index in [4.69, 9.17) is 14.2 Å². The standard InChI is InChI=1S/C66H118O6/c1-4-7-10-13-16-18-20-22-24-26-28-29-30-31-32-33-34-35-36-37-39-40-42-44-46-48-50-53-56-59-65(68)71-62-63(61-70-64(67)58-55-52-15-12-9-6-3)72-66(69)60-57-54-51-49-47-45-43-41-38-27-25-23-21-19-17-14-11-8-5-2/h17,19-20,22-23,25-26,28,30-31,63H,4-16,18,21,24,27,29,32-62H2,1-3H3/b19-17-,22-20-,25-23-,28-26-,31-30-. The van der Waals surface area contributed by atoms with Gasteiger partial charge in [0.15, 0.2) is 6.10 Å². The molecule has 0 fully saturated rings. The number of unbranched alkanes of at least 4 members (excludes halogenated alkanes) is 36. The van der Waals surface area contributed by atoms with Crippen molar-refractivity contribution in [1.82, 2.24) is 0 Å². The Kier molecular flexibility index (Phi) is 58.2. The van der Waals surface area contributed by atoms with E-state index in [-0.39, 0.29) is 31.1 Å². The third-order valence-corrected chi connectivity index (χ3v) is 13.7. The van der Waals surface area contributed by atoms with E-state index in [1.54, 1.807) is 0 Å². The van der Waals surface area contributed by atoms with Crippen molar-refractivity contribution in [3.05, 3.63) is 60.8 Å². The lowest BCUT2D eigenvalue weighted by molar-refractivity contribution is -0.167. The summed E-state index contributed by atoms with van der Waals surface area (Å²) in [6.07, 6.45) is 76.9. The van der Waals surface area contributed by atoms with E-state index >= 15 is 0 Å². The topological polar surface area (TPSA) is 78.9 Å². The highest BCUT2D eigenvalue weighted by atomic mass is 16.6. The molecule has 0 saturated heterocycles. The summed E-state index contributed by atoms with van der Waals surface area (Å²) in [5, 5.41) is 0. The molecule has 0 heterocycles. The zero-order valence-corrected chi connectivity index (χ0v) is 47.9. The molecule has 0 radical (unpaired) electrons. The highest BCUT2D eigenvalue weighted by molar-refractivity contribution is 5.71. The van der Waals surface area contributed by atoms with Crippen LogP contribution in [0.25, 0.3) is 0 Å². The molecule has 0 saturated carbocycles. The third-order valence-electron chi connectivity index (χ3n) is 13.7. The van der Waals surface area contributed by atoms with Gasteiger partial charge in [-0.05, 0) is 89.9 Å². The molecule has 0 aliphatic carbocycles. The first kappa shape index (κ1) is 69.1. The van der Waals surface area contributed by atoms with E-state index in [0.717, 1.165) is 77.0 Å². The summed E-state index contributed by atoms with van der Waals surface area (Å²) in [7, 11) is 0. The second-order valence-electron chi connectivity index (χ2n) is 21.0. The molecule has 1 unspecified atom stereocenters. The molecule has 0 aliphatic rings. The molecule has 0 aliphatic heterocycles. The van der Waals surface area contributed by atoms with Crippen molar-refractivity contribution in [2.75, 3.05) is 13.2 Å². The fourth-order valence-corrected chi connectivity index (χ4v) is 9.01. The smallest absolute Gasteiger partial charge is 0.306 e. The fourth-order valence-electron chi connectivity index (χ4n) is 9.01. The lowest BCUT2D eigenvalue weighted by atomic mass is 10.0. The van der Waals surface area contributed by atoms with Gasteiger partial charge in [0.1, 0.15) is 13.2 Å². The van der Waals surface area contributed by atoms with E-state index < -0.39 is 6.10 Å². The molecule has 0 bridgehead atoms. The zero-order chi connectivity index (χ0) is 52.2. The van der Waals surface area contributed by atoms with Crippen LogP contribution in [0.5, 0.6) is 0 Å². The van der Waals surface area contributed by atoms with Gasteiger partial charge in [-0.15, -0.1) is 0 Å². The predicted molar refractivity (Wildman–Crippen MR) is 312 cm³/mol. The Morgan fingerprint density at radius 2 is 0.500 bits per heavy atom. The molecular weight excluding hydrogens is 889 g/mol. The Hall–Kier alpha value is -2.89. The molecule has 0 rings (SSSR count). The highest BCUT2D eigenvalue weighted by Gasteiger charge is 2.19. The first-order chi connectivity index (χ1) is 35.5. The lowest BCUT2D eigenvalue weighted by Crippen LogP contribution is -2.30. The molecule has 6 nitrogen and oxygen atoms in total. The van der Waals surface area contributed by atoms with Crippen LogP contribution in [-0.2, 0) is 28.6 Å². The largest absolute Gasteiger partial charge is 0.462 e. The molecule has 72 heavy (non-hydrogen) atoms. The first-order valence-electron chi connectivity index (χ1n) is 31.3. The minimum Gasteiger partial charge on any atom is -0.462 e. The highest BCUT2D eigenvalue weighted by Crippen LogP contribution is 2.16. The molecular formula is C66H118O6. The summed E-state index contributed by atoms with van der Waals surface area (Å²) < 4.78 is 16.8. The average molecular weight is 1010 g/mol. The van der Waals surface area contributed by atoms with Gasteiger partial charge in [0, 0.05) is 19.3 Å². The molecule has 0 spiro atoms. The van der Waals surface area contributed by atoms with Crippen LogP contribution >= 0.6 is 0 Å². The Bertz CT molecular complexity index is 1290. The Morgan fingerprint density at radius 1 is 0.278 bits per heavy atom.